The maximum atomic E-state index is 13.4. The summed E-state index contributed by atoms with van der Waals surface area (Å²) >= 11 is 0. The zero-order valence-electron chi connectivity index (χ0n) is 10.7. The Kier molecular flexibility index (Phi) is 4.23. The van der Waals surface area contributed by atoms with Crippen LogP contribution >= 0.6 is 0 Å². The first-order valence-electron chi connectivity index (χ1n) is 6.11. The molecule has 0 aliphatic heterocycles. The van der Waals surface area contributed by atoms with E-state index < -0.39 is 0 Å². The molecule has 1 heterocycles. The van der Waals surface area contributed by atoms with E-state index in [-0.39, 0.29) is 11.7 Å². The van der Waals surface area contributed by atoms with Crippen molar-refractivity contribution in [1.29, 1.82) is 0 Å². The number of pyridine rings is 1. The number of hydrogen-bond donors (Lipinski definition) is 1. The maximum Gasteiger partial charge on any atom is 0.269 e. The quantitative estimate of drug-likeness (QED) is 0.915. The van der Waals surface area contributed by atoms with Gasteiger partial charge in [-0.25, -0.2) is 4.39 Å². The zero-order valence-corrected chi connectivity index (χ0v) is 10.7. The summed E-state index contributed by atoms with van der Waals surface area (Å²) in [5, 5.41) is 2.73. The van der Waals surface area contributed by atoms with Crippen molar-refractivity contribution < 1.29 is 9.18 Å². The minimum absolute atomic E-state index is 0.236. The van der Waals surface area contributed by atoms with Crippen LogP contribution in [-0.4, -0.2) is 17.4 Å². The fourth-order valence-corrected chi connectivity index (χ4v) is 1.76. The number of rotatable bonds is 4. The van der Waals surface area contributed by atoms with Gasteiger partial charge in [-0.1, -0.05) is 18.2 Å². The maximum absolute atomic E-state index is 13.4. The molecular weight excluding hydrogens is 243 g/mol. The molecule has 2 rings (SSSR count). The average Bonchev–Trinajstić information content (AvgIpc) is 2.41. The fourth-order valence-electron chi connectivity index (χ4n) is 1.76. The van der Waals surface area contributed by atoms with E-state index in [4.69, 9.17) is 0 Å². The Morgan fingerprint density at radius 3 is 2.84 bits per heavy atom. The number of benzene rings is 1. The second-order valence-electron chi connectivity index (χ2n) is 4.32. The lowest BCUT2D eigenvalue weighted by Gasteiger charge is -2.06. The van der Waals surface area contributed by atoms with Gasteiger partial charge in [0, 0.05) is 12.7 Å². The summed E-state index contributed by atoms with van der Waals surface area (Å²) in [6, 6.07) is 10.1. The molecule has 1 amide bonds. The molecule has 4 heteroatoms. The molecule has 0 bridgehead atoms. The van der Waals surface area contributed by atoms with Gasteiger partial charge in [0.05, 0.1) is 0 Å². The van der Waals surface area contributed by atoms with Crippen molar-refractivity contribution in [2.75, 3.05) is 6.54 Å². The summed E-state index contributed by atoms with van der Waals surface area (Å²) in [6.45, 7) is 2.28. The van der Waals surface area contributed by atoms with Crippen LogP contribution in [0.15, 0.2) is 42.6 Å². The number of carbonyl (C=O) groups excluding carboxylic acids is 1. The largest absolute Gasteiger partial charge is 0.350 e. The van der Waals surface area contributed by atoms with E-state index in [0.717, 1.165) is 5.56 Å². The van der Waals surface area contributed by atoms with Crippen LogP contribution in [0.4, 0.5) is 4.39 Å². The molecule has 0 aliphatic rings. The Hall–Kier alpha value is -2.23. The van der Waals surface area contributed by atoms with E-state index in [2.05, 4.69) is 10.3 Å². The molecule has 0 radical (unpaired) electrons. The van der Waals surface area contributed by atoms with Gasteiger partial charge < -0.3 is 5.32 Å². The van der Waals surface area contributed by atoms with Crippen molar-refractivity contribution in [3.8, 4) is 0 Å². The van der Waals surface area contributed by atoms with Crippen molar-refractivity contribution in [2.45, 2.75) is 13.3 Å². The SMILES string of the molecule is Cc1ccnc(C(=O)NCCc2ccccc2F)c1. The van der Waals surface area contributed by atoms with Gasteiger partial charge in [0.15, 0.2) is 0 Å². The van der Waals surface area contributed by atoms with E-state index >= 15 is 0 Å². The van der Waals surface area contributed by atoms with E-state index in [1.807, 2.05) is 13.0 Å². The smallest absolute Gasteiger partial charge is 0.269 e. The highest BCUT2D eigenvalue weighted by molar-refractivity contribution is 5.92. The van der Waals surface area contributed by atoms with Crippen molar-refractivity contribution in [3.05, 3.63) is 65.2 Å². The fraction of sp³-hybridized carbons (Fsp3) is 0.200. The molecular formula is C15H15FN2O. The van der Waals surface area contributed by atoms with Gasteiger partial charge in [0.1, 0.15) is 11.5 Å². The lowest BCUT2D eigenvalue weighted by molar-refractivity contribution is 0.0949. The van der Waals surface area contributed by atoms with Gasteiger partial charge >= 0.3 is 0 Å². The van der Waals surface area contributed by atoms with Gasteiger partial charge in [0.25, 0.3) is 5.91 Å². The first kappa shape index (κ1) is 13.2. The van der Waals surface area contributed by atoms with E-state index in [1.54, 1.807) is 30.5 Å². The Balaban J connectivity index is 1.90. The topological polar surface area (TPSA) is 42.0 Å². The Morgan fingerprint density at radius 1 is 1.32 bits per heavy atom. The Morgan fingerprint density at radius 2 is 2.11 bits per heavy atom. The molecule has 0 aliphatic carbocycles. The van der Waals surface area contributed by atoms with E-state index in [1.165, 1.54) is 6.07 Å². The van der Waals surface area contributed by atoms with Gasteiger partial charge in [-0.2, -0.15) is 0 Å². The number of nitrogens with zero attached hydrogens (tertiary/aromatic N) is 1. The molecule has 0 saturated heterocycles. The number of hydrogen-bond acceptors (Lipinski definition) is 2. The zero-order chi connectivity index (χ0) is 13.7. The number of halogens is 1. The predicted molar refractivity (Wildman–Crippen MR) is 71.4 cm³/mol. The average molecular weight is 258 g/mol. The summed E-state index contributed by atoms with van der Waals surface area (Å²) in [7, 11) is 0. The number of aromatic nitrogens is 1. The van der Waals surface area contributed by atoms with Crippen LogP contribution in [-0.2, 0) is 6.42 Å². The Labute approximate surface area is 111 Å². The summed E-state index contributed by atoms with van der Waals surface area (Å²) in [6.07, 6.45) is 2.06. The van der Waals surface area contributed by atoms with Crippen LogP contribution in [0, 0.1) is 12.7 Å². The summed E-state index contributed by atoms with van der Waals surface area (Å²) in [5.74, 6) is -0.481. The molecule has 19 heavy (non-hydrogen) atoms. The normalized spacial score (nSPS) is 10.2. The molecule has 0 atom stereocenters. The van der Waals surface area contributed by atoms with Crippen LogP contribution in [0.5, 0.6) is 0 Å². The van der Waals surface area contributed by atoms with Crippen LogP contribution in [0.1, 0.15) is 21.6 Å². The molecule has 0 fully saturated rings. The number of amides is 1. The van der Waals surface area contributed by atoms with Gasteiger partial charge in [0.2, 0.25) is 0 Å². The van der Waals surface area contributed by atoms with E-state index in [9.17, 15) is 9.18 Å². The third-order valence-electron chi connectivity index (χ3n) is 2.79. The lowest BCUT2D eigenvalue weighted by Crippen LogP contribution is -2.26. The second kappa shape index (κ2) is 6.09. The minimum atomic E-state index is -0.245. The molecule has 2 aromatic rings. The third-order valence-corrected chi connectivity index (χ3v) is 2.79. The van der Waals surface area contributed by atoms with Crippen molar-refractivity contribution >= 4 is 5.91 Å². The molecule has 0 unspecified atom stereocenters. The summed E-state index contributed by atoms with van der Waals surface area (Å²) in [4.78, 5) is 15.8. The Bertz CT molecular complexity index is 584. The summed E-state index contributed by atoms with van der Waals surface area (Å²) < 4.78 is 13.4. The van der Waals surface area contributed by atoms with Crippen LogP contribution in [0.25, 0.3) is 0 Å². The van der Waals surface area contributed by atoms with Crippen LogP contribution in [0.2, 0.25) is 0 Å². The highest BCUT2D eigenvalue weighted by Crippen LogP contribution is 2.06. The van der Waals surface area contributed by atoms with Gasteiger partial charge in [-0.15, -0.1) is 0 Å². The minimum Gasteiger partial charge on any atom is -0.350 e. The van der Waals surface area contributed by atoms with Crippen LogP contribution < -0.4 is 5.32 Å². The van der Waals surface area contributed by atoms with Crippen molar-refractivity contribution in [3.63, 3.8) is 0 Å². The lowest BCUT2D eigenvalue weighted by atomic mass is 10.1. The van der Waals surface area contributed by atoms with Crippen LogP contribution in [0.3, 0.4) is 0 Å². The number of aryl methyl sites for hydroxylation is 1. The molecule has 1 aromatic heterocycles. The highest BCUT2D eigenvalue weighted by Gasteiger charge is 2.07. The highest BCUT2D eigenvalue weighted by atomic mass is 19.1. The monoisotopic (exact) mass is 258 g/mol. The molecule has 3 nitrogen and oxygen atoms in total. The first-order valence-corrected chi connectivity index (χ1v) is 6.11. The molecule has 1 N–H and O–H groups in total. The second-order valence-corrected chi connectivity index (χ2v) is 4.32. The third kappa shape index (κ3) is 3.61. The molecule has 98 valence electrons. The van der Waals surface area contributed by atoms with Crippen molar-refractivity contribution in [2.24, 2.45) is 0 Å². The number of carbonyl (C=O) groups is 1. The van der Waals surface area contributed by atoms with Gasteiger partial charge in [-0.05, 0) is 42.7 Å². The first-order chi connectivity index (χ1) is 9.16. The van der Waals surface area contributed by atoms with Crippen molar-refractivity contribution in [1.82, 2.24) is 10.3 Å². The predicted octanol–water partition coefficient (Wildman–Crippen LogP) is 2.50. The van der Waals surface area contributed by atoms with E-state index in [0.29, 0.717) is 24.2 Å². The molecule has 0 saturated carbocycles. The molecule has 1 aromatic carbocycles. The molecule has 0 spiro atoms. The number of nitrogens with one attached hydrogen (secondary N) is 1. The summed E-state index contributed by atoms with van der Waals surface area (Å²) in [5.41, 5.74) is 1.96. The standard InChI is InChI=1S/C15H15FN2O/c1-11-6-8-17-14(10-11)15(19)18-9-7-12-4-2-3-5-13(12)16/h2-6,8,10H,7,9H2,1H3,(H,18,19). The van der Waals surface area contributed by atoms with Gasteiger partial charge in [-0.3, -0.25) is 9.78 Å².